The van der Waals surface area contributed by atoms with E-state index in [4.69, 9.17) is 11.6 Å². The minimum absolute atomic E-state index is 0.0341. The van der Waals surface area contributed by atoms with Crippen molar-refractivity contribution in [2.45, 2.75) is 11.4 Å². The van der Waals surface area contributed by atoms with Crippen molar-refractivity contribution in [2.24, 2.45) is 0 Å². The molecule has 0 aliphatic carbocycles. The molecule has 0 spiro atoms. The van der Waals surface area contributed by atoms with Gasteiger partial charge in [0, 0.05) is 44.9 Å². The van der Waals surface area contributed by atoms with E-state index in [9.17, 15) is 22.9 Å². The molecule has 0 atom stereocenters. The second-order valence-electron chi connectivity index (χ2n) is 6.18. The van der Waals surface area contributed by atoms with Crippen LogP contribution < -0.4 is 0 Å². The number of nitro benzene ring substituents is 1. The van der Waals surface area contributed by atoms with E-state index in [1.165, 1.54) is 34.6 Å². The zero-order valence-corrected chi connectivity index (χ0v) is 15.8. The maximum atomic E-state index is 13.2. The number of hydrogen-bond acceptors (Lipinski definition) is 5. The van der Waals surface area contributed by atoms with E-state index < -0.39 is 20.8 Å². The van der Waals surface area contributed by atoms with Crippen LogP contribution in [0.1, 0.15) is 5.56 Å². The van der Waals surface area contributed by atoms with Gasteiger partial charge in [-0.2, -0.15) is 4.31 Å². The van der Waals surface area contributed by atoms with Crippen LogP contribution in [0.2, 0.25) is 5.02 Å². The van der Waals surface area contributed by atoms with Crippen molar-refractivity contribution in [3.63, 3.8) is 0 Å². The van der Waals surface area contributed by atoms with E-state index in [0.29, 0.717) is 32.7 Å². The largest absolute Gasteiger partial charge is 0.296 e. The molecule has 0 unspecified atom stereocenters. The molecule has 2 aromatic carbocycles. The van der Waals surface area contributed by atoms with Gasteiger partial charge in [-0.1, -0.05) is 17.7 Å². The third-order valence-electron chi connectivity index (χ3n) is 4.41. The van der Waals surface area contributed by atoms with E-state index in [1.807, 2.05) is 0 Å². The number of nitro groups is 1. The number of sulfonamides is 1. The van der Waals surface area contributed by atoms with Crippen LogP contribution >= 0.6 is 11.6 Å². The van der Waals surface area contributed by atoms with Crippen LogP contribution in [0.15, 0.2) is 47.4 Å². The molecule has 0 N–H and O–H groups in total. The van der Waals surface area contributed by atoms with Crippen molar-refractivity contribution < 1.29 is 17.7 Å². The summed E-state index contributed by atoms with van der Waals surface area (Å²) in [5, 5.41) is 10.8. The maximum absolute atomic E-state index is 13.2. The van der Waals surface area contributed by atoms with Gasteiger partial charge in [0.2, 0.25) is 10.0 Å². The highest BCUT2D eigenvalue weighted by Crippen LogP contribution is 2.22. The predicted molar refractivity (Wildman–Crippen MR) is 98.5 cm³/mol. The molecule has 1 heterocycles. The Morgan fingerprint density at radius 3 is 2.26 bits per heavy atom. The molecule has 0 aromatic heterocycles. The summed E-state index contributed by atoms with van der Waals surface area (Å²) in [5.74, 6) is -0.473. The fourth-order valence-electron chi connectivity index (χ4n) is 2.91. The molecule has 27 heavy (non-hydrogen) atoms. The Kier molecular flexibility index (Phi) is 5.75. The smallest absolute Gasteiger partial charge is 0.269 e. The van der Waals surface area contributed by atoms with Gasteiger partial charge in [0.1, 0.15) is 5.82 Å². The number of benzene rings is 2. The maximum Gasteiger partial charge on any atom is 0.269 e. The first-order valence-corrected chi connectivity index (χ1v) is 10.00. The lowest BCUT2D eigenvalue weighted by atomic mass is 10.2. The molecule has 7 nitrogen and oxygen atoms in total. The van der Waals surface area contributed by atoms with Crippen molar-refractivity contribution >= 4 is 27.3 Å². The van der Waals surface area contributed by atoms with E-state index >= 15 is 0 Å². The first-order valence-electron chi connectivity index (χ1n) is 8.18. The molecule has 1 fully saturated rings. The van der Waals surface area contributed by atoms with Gasteiger partial charge in [0.25, 0.3) is 5.69 Å². The second kappa shape index (κ2) is 7.89. The van der Waals surface area contributed by atoms with Crippen LogP contribution in [0.4, 0.5) is 10.1 Å². The van der Waals surface area contributed by atoms with Gasteiger partial charge in [0.15, 0.2) is 0 Å². The summed E-state index contributed by atoms with van der Waals surface area (Å²) in [6.45, 7) is 2.18. The molecule has 0 amide bonds. The molecule has 3 rings (SSSR count). The third-order valence-corrected chi connectivity index (χ3v) is 6.61. The molecular weight excluding hydrogens is 397 g/mol. The number of nitrogens with zero attached hydrogens (tertiary/aromatic N) is 3. The molecule has 144 valence electrons. The minimum atomic E-state index is -3.70. The van der Waals surface area contributed by atoms with Crippen molar-refractivity contribution in [1.82, 2.24) is 9.21 Å². The molecule has 0 bridgehead atoms. The lowest BCUT2D eigenvalue weighted by Gasteiger charge is -2.34. The fourth-order valence-corrected chi connectivity index (χ4v) is 4.54. The van der Waals surface area contributed by atoms with Crippen LogP contribution in [0.25, 0.3) is 0 Å². The molecule has 1 saturated heterocycles. The Bertz CT molecular complexity index is 945. The van der Waals surface area contributed by atoms with Crippen LogP contribution in [0.5, 0.6) is 0 Å². The summed E-state index contributed by atoms with van der Waals surface area (Å²) in [5.41, 5.74) is 0.699. The first kappa shape index (κ1) is 19.7. The average molecular weight is 414 g/mol. The highest BCUT2D eigenvalue weighted by Gasteiger charge is 2.28. The Balaban J connectivity index is 1.63. The minimum Gasteiger partial charge on any atom is -0.296 e. The third kappa shape index (κ3) is 4.44. The lowest BCUT2D eigenvalue weighted by molar-refractivity contribution is -0.384. The van der Waals surface area contributed by atoms with Gasteiger partial charge >= 0.3 is 0 Å². The Hall–Kier alpha value is -2.07. The van der Waals surface area contributed by atoms with E-state index in [-0.39, 0.29) is 15.6 Å². The zero-order valence-electron chi connectivity index (χ0n) is 14.2. The van der Waals surface area contributed by atoms with Crippen molar-refractivity contribution in [3.8, 4) is 0 Å². The van der Waals surface area contributed by atoms with Crippen molar-refractivity contribution in [2.75, 3.05) is 26.2 Å². The molecule has 0 saturated carbocycles. The summed E-state index contributed by atoms with van der Waals surface area (Å²) in [6, 6.07) is 9.40. The van der Waals surface area contributed by atoms with Gasteiger partial charge in [-0.3, -0.25) is 15.0 Å². The number of hydrogen-bond donors (Lipinski definition) is 0. The first-order chi connectivity index (χ1) is 12.8. The van der Waals surface area contributed by atoms with Gasteiger partial charge in [-0.15, -0.1) is 0 Å². The Morgan fingerprint density at radius 1 is 1.07 bits per heavy atom. The van der Waals surface area contributed by atoms with Crippen molar-refractivity contribution in [1.29, 1.82) is 0 Å². The fraction of sp³-hybridized carbons (Fsp3) is 0.294. The SMILES string of the molecule is O=[N+]([O-])c1ccc(S(=O)(=O)N2CCN(Cc3ccc(F)c(Cl)c3)CC2)cc1. The highest BCUT2D eigenvalue weighted by atomic mass is 35.5. The molecule has 1 aliphatic heterocycles. The number of halogens is 2. The second-order valence-corrected chi connectivity index (χ2v) is 8.52. The van der Waals surface area contributed by atoms with Crippen LogP contribution in [-0.2, 0) is 16.6 Å². The quantitative estimate of drug-likeness (QED) is 0.556. The van der Waals surface area contributed by atoms with Crippen LogP contribution in [0, 0.1) is 15.9 Å². The monoisotopic (exact) mass is 413 g/mol. The summed E-state index contributed by atoms with van der Waals surface area (Å²) in [6.07, 6.45) is 0. The number of piperazine rings is 1. The summed E-state index contributed by atoms with van der Waals surface area (Å²) < 4.78 is 40.0. The predicted octanol–water partition coefficient (Wildman–Crippen LogP) is 2.89. The Labute approximate surface area is 161 Å². The molecule has 1 aliphatic rings. The van der Waals surface area contributed by atoms with Gasteiger partial charge < -0.3 is 0 Å². The number of non-ortho nitro benzene ring substituents is 1. The van der Waals surface area contributed by atoms with E-state index in [0.717, 1.165) is 5.56 Å². The van der Waals surface area contributed by atoms with Crippen LogP contribution in [0.3, 0.4) is 0 Å². The highest BCUT2D eigenvalue weighted by molar-refractivity contribution is 7.89. The topological polar surface area (TPSA) is 83.8 Å². The van der Waals surface area contributed by atoms with E-state index in [1.54, 1.807) is 12.1 Å². The summed E-state index contributed by atoms with van der Waals surface area (Å²) in [7, 11) is -3.70. The Morgan fingerprint density at radius 2 is 1.70 bits per heavy atom. The average Bonchev–Trinajstić information content (AvgIpc) is 2.65. The van der Waals surface area contributed by atoms with E-state index in [2.05, 4.69) is 4.90 Å². The normalized spacial score (nSPS) is 16.4. The standard InChI is InChI=1S/C17H17ClFN3O4S/c18-16-11-13(1-6-17(16)19)12-20-7-9-21(10-8-20)27(25,26)15-4-2-14(3-5-15)22(23)24/h1-6,11H,7-10,12H2. The van der Waals surface area contributed by atoms with Gasteiger partial charge in [0.05, 0.1) is 14.8 Å². The van der Waals surface area contributed by atoms with Gasteiger partial charge in [-0.25, -0.2) is 12.8 Å². The molecule has 0 radical (unpaired) electrons. The molecule has 2 aromatic rings. The van der Waals surface area contributed by atoms with Gasteiger partial charge in [-0.05, 0) is 29.8 Å². The summed E-state index contributed by atoms with van der Waals surface area (Å²) in [4.78, 5) is 12.2. The number of rotatable bonds is 5. The molecular formula is C17H17ClFN3O4S. The lowest BCUT2D eigenvalue weighted by Crippen LogP contribution is -2.48. The zero-order chi connectivity index (χ0) is 19.6. The van der Waals surface area contributed by atoms with Crippen molar-refractivity contribution in [3.05, 3.63) is 69.0 Å². The van der Waals surface area contributed by atoms with Crippen LogP contribution in [-0.4, -0.2) is 48.7 Å². The summed E-state index contributed by atoms with van der Waals surface area (Å²) >= 11 is 5.79. The molecule has 10 heteroatoms.